The minimum atomic E-state index is -0.992. The largest absolute Gasteiger partial charge is 0.497 e. The average Bonchev–Trinajstić information content (AvgIpc) is 3.46. The lowest BCUT2D eigenvalue weighted by Gasteiger charge is -2.32. The molecule has 288 valence electrons. The second-order valence-electron chi connectivity index (χ2n) is 14.8. The Hall–Kier alpha value is -5.50. The van der Waals surface area contributed by atoms with E-state index in [1.54, 1.807) is 41.2 Å². The van der Waals surface area contributed by atoms with Gasteiger partial charge in [0.2, 0.25) is 5.91 Å². The summed E-state index contributed by atoms with van der Waals surface area (Å²) in [5.74, 6) is 1.27. The first-order chi connectivity index (χ1) is 26.6. The van der Waals surface area contributed by atoms with Crippen LogP contribution in [0.5, 0.6) is 17.2 Å². The SMILES string of the molecule is COc1ccc2c(OC3CC4C(=O)NC5(C=O)CC5/C=C/CCCCCN(Cc5ccc(OC(N)=O)cc5)C(=O)N4C3)cc(-c3nc(C(C)C)cs3)nc2c1. The number of pyridine rings is 1. The van der Waals surface area contributed by atoms with Gasteiger partial charge in [0, 0.05) is 48.3 Å². The van der Waals surface area contributed by atoms with Gasteiger partial charge in [-0.15, -0.1) is 11.3 Å². The van der Waals surface area contributed by atoms with Crippen LogP contribution in [-0.2, 0) is 16.1 Å². The molecule has 4 heterocycles. The predicted molar refractivity (Wildman–Crippen MR) is 208 cm³/mol. The van der Waals surface area contributed by atoms with E-state index in [0.717, 1.165) is 53.6 Å². The molecule has 1 aliphatic carbocycles. The van der Waals surface area contributed by atoms with Crippen LogP contribution in [0.4, 0.5) is 9.59 Å². The Morgan fingerprint density at radius 2 is 1.89 bits per heavy atom. The molecule has 2 aromatic heterocycles. The van der Waals surface area contributed by atoms with Gasteiger partial charge in [0.1, 0.15) is 51.9 Å². The fraction of sp³-hybridized carbons (Fsp3) is 0.415. The van der Waals surface area contributed by atoms with E-state index in [0.29, 0.717) is 41.4 Å². The number of hydrogen-bond donors (Lipinski definition) is 2. The number of amides is 4. The first-order valence-electron chi connectivity index (χ1n) is 18.7. The molecule has 7 rings (SSSR count). The van der Waals surface area contributed by atoms with E-state index in [9.17, 15) is 19.2 Å². The molecule has 14 heteroatoms. The number of carbonyl (C=O) groups excluding carboxylic acids is 4. The molecule has 0 spiro atoms. The fourth-order valence-corrected chi connectivity index (χ4v) is 8.23. The molecule has 2 fully saturated rings. The van der Waals surface area contributed by atoms with Gasteiger partial charge >= 0.3 is 12.1 Å². The molecule has 4 amide bonds. The first kappa shape index (κ1) is 37.8. The first-order valence-corrected chi connectivity index (χ1v) is 19.6. The van der Waals surface area contributed by atoms with Crippen molar-refractivity contribution in [2.45, 2.75) is 82.5 Å². The summed E-state index contributed by atoms with van der Waals surface area (Å²) in [6.07, 6.45) is 7.65. The number of urea groups is 1. The lowest BCUT2D eigenvalue weighted by atomic mass is 10.1. The van der Waals surface area contributed by atoms with Crippen LogP contribution in [0, 0.1) is 5.92 Å². The van der Waals surface area contributed by atoms with Crippen LogP contribution < -0.4 is 25.3 Å². The molecule has 2 aliphatic heterocycles. The number of nitrogens with two attached hydrogens (primary N) is 1. The maximum absolute atomic E-state index is 14.7. The van der Waals surface area contributed by atoms with Gasteiger partial charge in [-0.2, -0.15) is 0 Å². The Morgan fingerprint density at radius 1 is 1.09 bits per heavy atom. The molecule has 13 nitrogen and oxygen atoms in total. The van der Waals surface area contributed by atoms with Gasteiger partial charge in [-0.1, -0.05) is 44.6 Å². The summed E-state index contributed by atoms with van der Waals surface area (Å²) in [5, 5.41) is 6.57. The topological polar surface area (TPSA) is 166 Å². The molecule has 4 unspecified atom stereocenters. The van der Waals surface area contributed by atoms with Crippen LogP contribution >= 0.6 is 11.3 Å². The van der Waals surface area contributed by atoms with Gasteiger partial charge in [-0.25, -0.2) is 19.6 Å². The lowest BCUT2D eigenvalue weighted by Crippen LogP contribution is -2.53. The zero-order valence-electron chi connectivity index (χ0n) is 31.2. The van der Waals surface area contributed by atoms with Crippen molar-refractivity contribution in [3.05, 3.63) is 77.3 Å². The number of benzene rings is 2. The number of rotatable bonds is 9. The molecule has 3 aliphatic rings. The molecule has 1 saturated heterocycles. The number of aldehydes is 1. The zero-order chi connectivity index (χ0) is 38.7. The maximum Gasteiger partial charge on any atom is 0.409 e. The Balaban J connectivity index is 1.21. The van der Waals surface area contributed by atoms with Crippen molar-refractivity contribution in [1.29, 1.82) is 0 Å². The van der Waals surface area contributed by atoms with Crippen LogP contribution in [0.3, 0.4) is 0 Å². The third kappa shape index (κ3) is 8.44. The number of nitrogens with zero attached hydrogens (tertiary/aromatic N) is 4. The monoisotopic (exact) mass is 766 g/mol. The van der Waals surface area contributed by atoms with Gasteiger partial charge in [-0.3, -0.25) is 4.79 Å². The highest BCUT2D eigenvalue weighted by Gasteiger charge is 2.56. The molecule has 4 aromatic rings. The van der Waals surface area contributed by atoms with E-state index in [-0.39, 0.29) is 43.3 Å². The van der Waals surface area contributed by atoms with Gasteiger partial charge < -0.3 is 39.9 Å². The number of methoxy groups -OCH3 is 1. The van der Waals surface area contributed by atoms with Crippen molar-refractivity contribution in [3.8, 4) is 28.0 Å². The number of fused-ring (bicyclic) bond motifs is 3. The van der Waals surface area contributed by atoms with Gasteiger partial charge in [0.15, 0.2) is 0 Å². The van der Waals surface area contributed by atoms with Crippen LogP contribution in [-0.4, -0.2) is 82.0 Å². The van der Waals surface area contributed by atoms with Gasteiger partial charge in [0.25, 0.3) is 0 Å². The number of carbonyl (C=O) groups is 4. The molecule has 0 bridgehead atoms. The molecule has 0 radical (unpaired) electrons. The third-order valence-electron chi connectivity index (χ3n) is 10.5. The minimum absolute atomic E-state index is 0.0876. The van der Waals surface area contributed by atoms with Crippen LogP contribution in [0.1, 0.15) is 69.5 Å². The number of allylic oxidation sites excluding steroid dienone is 1. The van der Waals surface area contributed by atoms with Crippen molar-refractivity contribution < 1.29 is 33.4 Å². The highest BCUT2D eigenvalue weighted by atomic mass is 32.1. The minimum Gasteiger partial charge on any atom is -0.497 e. The quantitative estimate of drug-likeness (QED) is 0.141. The van der Waals surface area contributed by atoms with Crippen molar-refractivity contribution in [3.63, 3.8) is 0 Å². The number of nitrogens with one attached hydrogen (secondary N) is 1. The van der Waals surface area contributed by atoms with Crippen molar-refractivity contribution in [2.75, 3.05) is 20.2 Å². The van der Waals surface area contributed by atoms with E-state index in [1.165, 1.54) is 11.3 Å². The van der Waals surface area contributed by atoms with Crippen LogP contribution in [0.2, 0.25) is 0 Å². The van der Waals surface area contributed by atoms with Crippen LogP contribution in [0.25, 0.3) is 21.6 Å². The molecule has 4 atom stereocenters. The molecule has 2 aromatic carbocycles. The predicted octanol–water partition coefficient (Wildman–Crippen LogP) is 6.60. The Bertz CT molecular complexity index is 2100. The number of aromatic nitrogens is 2. The average molecular weight is 767 g/mol. The standard InChI is InChI=1S/C41H46N6O7S/c1-25(2)34-23-55-38(44-34)33-19-36(31-15-14-29(52-3)17-32(31)43-33)53-30-18-35-37(49)45-41(24-48)20-27(41)9-7-5-4-6-8-16-46(40(51)47(35)22-30)21-26-10-12-28(13-11-26)54-39(42)50/h7,9-15,17,19,23-25,27,30,35H,4-6,8,16,18,20-22H2,1-3H3,(H2,42,50)(H,45,49)/b9-7+. The van der Waals surface area contributed by atoms with E-state index in [1.807, 2.05) is 35.7 Å². The zero-order valence-corrected chi connectivity index (χ0v) is 32.1. The summed E-state index contributed by atoms with van der Waals surface area (Å²) in [4.78, 5) is 65.6. The van der Waals surface area contributed by atoms with E-state index in [4.69, 9.17) is 29.9 Å². The number of primary amides is 1. The highest BCUT2D eigenvalue weighted by molar-refractivity contribution is 7.13. The maximum atomic E-state index is 14.7. The van der Waals surface area contributed by atoms with E-state index >= 15 is 0 Å². The highest BCUT2D eigenvalue weighted by Crippen LogP contribution is 2.44. The third-order valence-corrected chi connectivity index (χ3v) is 11.4. The van der Waals surface area contributed by atoms with Gasteiger partial charge in [-0.05, 0) is 61.4 Å². The number of hydrogen-bond acceptors (Lipinski definition) is 10. The van der Waals surface area contributed by atoms with E-state index < -0.39 is 23.8 Å². The molecule has 1 saturated carbocycles. The van der Waals surface area contributed by atoms with Crippen LogP contribution in [0.15, 0.2) is 66.1 Å². The lowest BCUT2D eigenvalue weighted by molar-refractivity contribution is -0.128. The Kier molecular flexibility index (Phi) is 11.0. The number of thiazole rings is 1. The summed E-state index contributed by atoms with van der Waals surface area (Å²) < 4.78 is 17.3. The normalized spacial score (nSPS) is 23.6. The second kappa shape index (κ2) is 16.1. The summed E-state index contributed by atoms with van der Waals surface area (Å²) in [6.45, 7) is 5.05. The van der Waals surface area contributed by atoms with E-state index in [2.05, 4.69) is 25.2 Å². The fourth-order valence-electron chi connectivity index (χ4n) is 7.29. The molecule has 55 heavy (non-hydrogen) atoms. The summed E-state index contributed by atoms with van der Waals surface area (Å²) in [7, 11) is 1.60. The molecule has 3 N–H and O–H groups in total. The number of ether oxygens (including phenoxy) is 3. The molecular weight excluding hydrogens is 721 g/mol. The smallest absolute Gasteiger partial charge is 0.409 e. The summed E-state index contributed by atoms with van der Waals surface area (Å²) >= 11 is 1.51. The Labute approximate surface area is 323 Å². The summed E-state index contributed by atoms with van der Waals surface area (Å²) in [6, 6.07) is 13.1. The second-order valence-corrected chi connectivity index (χ2v) is 15.6. The molecular formula is C41H46N6O7S. The van der Waals surface area contributed by atoms with Gasteiger partial charge in [0.05, 0.1) is 24.9 Å². The van der Waals surface area contributed by atoms with Crippen molar-refractivity contribution in [2.24, 2.45) is 11.7 Å². The Morgan fingerprint density at radius 3 is 2.62 bits per heavy atom. The summed E-state index contributed by atoms with van der Waals surface area (Å²) in [5.41, 5.74) is 7.28. The van der Waals surface area contributed by atoms with Crippen molar-refractivity contribution in [1.82, 2.24) is 25.1 Å². The van der Waals surface area contributed by atoms with Crippen molar-refractivity contribution >= 4 is 46.6 Å².